The van der Waals surface area contributed by atoms with Crippen LogP contribution in [0.3, 0.4) is 0 Å². The van der Waals surface area contributed by atoms with Gasteiger partial charge in [0.15, 0.2) is 6.61 Å². The number of aromatic nitrogens is 1. The van der Waals surface area contributed by atoms with Crippen LogP contribution in [0.2, 0.25) is 0 Å². The van der Waals surface area contributed by atoms with Crippen molar-refractivity contribution in [2.45, 2.75) is 0 Å². The second-order valence-corrected chi connectivity index (χ2v) is 5.53. The summed E-state index contributed by atoms with van der Waals surface area (Å²) in [4.78, 5) is 28.5. The summed E-state index contributed by atoms with van der Waals surface area (Å²) in [6.45, 7) is -0.274. The molecule has 3 aromatic rings. The van der Waals surface area contributed by atoms with E-state index >= 15 is 0 Å². The summed E-state index contributed by atoms with van der Waals surface area (Å²) < 4.78 is 18.2. The Morgan fingerprint density at radius 1 is 0.963 bits per heavy atom. The van der Waals surface area contributed by atoms with Crippen molar-refractivity contribution in [3.63, 3.8) is 0 Å². The third kappa shape index (κ3) is 5.12. The van der Waals surface area contributed by atoms with Gasteiger partial charge in [0.05, 0.1) is 23.1 Å². The minimum Gasteiger partial charge on any atom is -0.484 e. The quantitative estimate of drug-likeness (QED) is 0.701. The molecule has 0 spiro atoms. The number of halogens is 1. The van der Waals surface area contributed by atoms with Crippen molar-refractivity contribution < 1.29 is 18.7 Å². The van der Waals surface area contributed by atoms with E-state index in [1.807, 2.05) is 0 Å². The van der Waals surface area contributed by atoms with E-state index in [9.17, 15) is 14.0 Å². The number of pyridine rings is 1. The van der Waals surface area contributed by atoms with E-state index in [0.717, 1.165) is 0 Å². The van der Waals surface area contributed by atoms with Gasteiger partial charge in [0.2, 0.25) is 0 Å². The zero-order valence-electron chi connectivity index (χ0n) is 14.2. The minimum atomic E-state index is -0.444. The molecule has 2 aromatic carbocycles. The molecule has 0 saturated heterocycles. The van der Waals surface area contributed by atoms with Crippen molar-refractivity contribution >= 4 is 23.2 Å². The average Bonchev–Trinajstić information content (AvgIpc) is 2.69. The van der Waals surface area contributed by atoms with Crippen LogP contribution in [-0.2, 0) is 4.79 Å². The second kappa shape index (κ2) is 8.57. The Hall–Kier alpha value is -3.74. The van der Waals surface area contributed by atoms with Crippen LogP contribution in [0.25, 0.3) is 0 Å². The second-order valence-electron chi connectivity index (χ2n) is 5.53. The third-order valence-corrected chi connectivity index (χ3v) is 3.55. The predicted octanol–water partition coefficient (Wildman–Crippen LogP) is 3.49. The summed E-state index contributed by atoms with van der Waals surface area (Å²) in [6, 6.07) is 15.4. The smallest absolute Gasteiger partial charge is 0.262 e. The molecule has 0 aliphatic rings. The van der Waals surface area contributed by atoms with E-state index in [4.69, 9.17) is 4.74 Å². The zero-order chi connectivity index (χ0) is 19.1. The van der Waals surface area contributed by atoms with Crippen LogP contribution in [0.5, 0.6) is 5.75 Å². The molecule has 0 radical (unpaired) electrons. The average molecular weight is 365 g/mol. The summed E-state index contributed by atoms with van der Waals surface area (Å²) in [5, 5.41) is 5.36. The van der Waals surface area contributed by atoms with Gasteiger partial charge in [-0.1, -0.05) is 12.1 Å². The van der Waals surface area contributed by atoms with Crippen LogP contribution in [0.1, 0.15) is 10.4 Å². The Kier molecular flexibility index (Phi) is 5.73. The number of hydrogen-bond donors (Lipinski definition) is 2. The first-order chi connectivity index (χ1) is 13.1. The number of carbonyl (C=O) groups excluding carboxylic acids is 2. The molecule has 1 aromatic heterocycles. The number of anilines is 2. The first kappa shape index (κ1) is 18.1. The van der Waals surface area contributed by atoms with Gasteiger partial charge < -0.3 is 15.4 Å². The van der Waals surface area contributed by atoms with Gasteiger partial charge in [-0.15, -0.1) is 0 Å². The fourth-order valence-corrected chi connectivity index (χ4v) is 2.29. The standard InChI is InChI=1S/C20H16FN3O3/c21-14-7-9-16(10-8-14)27-13-19(25)24-18-6-2-1-5-17(18)20(26)23-15-4-3-11-22-12-15/h1-12H,13H2,(H,23,26)(H,24,25). The number of amides is 2. The Morgan fingerprint density at radius 3 is 2.48 bits per heavy atom. The highest BCUT2D eigenvalue weighted by Crippen LogP contribution is 2.17. The Labute approximate surface area is 155 Å². The highest BCUT2D eigenvalue weighted by Gasteiger charge is 2.13. The number of nitrogens with one attached hydrogen (secondary N) is 2. The van der Waals surface area contributed by atoms with Crippen molar-refractivity contribution in [3.8, 4) is 5.75 Å². The third-order valence-electron chi connectivity index (χ3n) is 3.55. The van der Waals surface area contributed by atoms with Gasteiger partial charge in [-0.25, -0.2) is 4.39 Å². The molecule has 3 rings (SSSR count). The van der Waals surface area contributed by atoms with E-state index in [1.54, 1.807) is 42.6 Å². The lowest BCUT2D eigenvalue weighted by Gasteiger charge is -2.12. The molecular weight excluding hydrogens is 349 g/mol. The summed E-state index contributed by atoms with van der Waals surface area (Å²) >= 11 is 0. The zero-order valence-corrected chi connectivity index (χ0v) is 14.2. The molecule has 0 bridgehead atoms. The largest absolute Gasteiger partial charge is 0.484 e. The lowest BCUT2D eigenvalue weighted by molar-refractivity contribution is -0.118. The normalized spacial score (nSPS) is 10.1. The SMILES string of the molecule is O=C(COc1ccc(F)cc1)Nc1ccccc1C(=O)Nc1cccnc1. The maximum Gasteiger partial charge on any atom is 0.262 e. The number of rotatable bonds is 6. The summed E-state index contributed by atoms with van der Waals surface area (Å²) in [5.74, 6) is -0.839. The van der Waals surface area contributed by atoms with Crippen molar-refractivity contribution in [2.24, 2.45) is 0 Å². The van der Waals surface area contributed by atoms with E-state index in [0.29, 0.717) is 22.7 Å². The molecule has 0 atom stereocenters. The van der Waals surface area contributed by atoms with Crippen LogP contribution in [0.15, 0.2) is 73.1 Å². The molecule has 0 unspecified atom stereocenters. The van der Waals surface area contributed by atoms with Crippen LogP contribution in [-0.4, -0.2) is 23.4 Å². The molecule has 0 fully saturated rings. The lowest BCUT2D eigenvalue weighted by atomic mass is 10.1. The Morgan fingerprint density at radius 2 is 1.74 bits per heavy atom. The van der Waals surface area contributed by atoms with Gasteiger partial charge in [-0.05, 0) is 48.5 Å². The van der Waals surface area contributed by atoms with Gasteiger partial charge >= 0.3 is 0 Å². The molecule has 7 heteroatoms. The predicted molar refractivity (Wildman–Crippen MR) is 99.2 cm³/mol. The number of ether oxygens (including phenoxy) is 1. The molecule has 136 valence electrons. The summed E-state index contributed by atoms with van der Waals surface area (Å²) in [5.41, 5.74) is 1.20. The van der Waals surface area contributed by atoms with Crippen LogP contribution >= 0.6 is 0 Å². The van der Waals surface area contributed by atoms with Crippen molar-refractivity contribution in [1.82, 2.24) is 4.98 Å². The van der Waals surface area contributed by atoms with E-state index < -0.39 is 5.91 Å². The maximum atomic E-state index is 12.9. The molecule has 0 saturated carbocycles. The fourth-order valence-electron chi connectivity index (χ4n) is 2.29. The number of nitrogens with zero attached hydrogens (tertiary/aromatic N) is 1. The van der Waals surface area contributed by atoms with Gasteiger partial charge in [-0.3, -0.25) is 14.6 Å². The monoisotopic (exact) mass is 365 g/mol. The van der Waals surface area contributed by atoms with Gasteiger partial charge in [0.1, 0.15) is 11.6 Å². The number of benzene rings is 2. The van der Waals surface area contributed by atoms with E-state index in [-0.39, 0.29) is 18.3 Å². The highest BCUT2D eigenvalue weighted by molar-refractivity contribution is 6.10. The van der Waals surface area contributed by atoms with E-state index in [1.165, 1.54) is 30.5 Å². The number of para-hydroxylation sites is 1. The topological polar surface area (TPSA) is 80.3 Å². The first-order valence-electron chi connectivity index (χ1n) is 8.10. The molecule has 2 N–H and O–H groups in total. The molecule has 6 nitrogen and oxygen atoms in total. The number of carbonyl (C=O) groups is 2. The van der Waals surface area contributed by atoms with Gasteiger partial charge in [0, 0.05) is 6.20 Å². The summed E-state index contributed by atoms with van der Waals surface area (Å²) in [7, 11) is 0. The van der Waals surface area contributed by atoms with Gasteiger partial charge in [0.25, 0.3) is 11.8 Å². The van der Waals surface area contributed by atoms with Crippen LogP contribution in [0.4, 0.5) is 15.8 Å². The van der Waals surface area contributed by atoms with Crippen molar-refractivity contribution in [2.75, 3.05) is 17.2 Å². The minimum absolute atomic E-state index is 0.274. The number of hydrogen-bond acceptors (Lipinski definition) is 4. The molecule has 1 heterocycles. The van der Waals surface area contributed by atoms with Crippen molar-refractivity contribution in [3.05, 3.63) is 84.4 Å². The fraction of sp³-hybridized carbons (Fsp3) is 0.0500. The van der Waals surface area contributed by atoms with E-state index in [2.05, 4.69) is 15.6 Å². The summed E-state index contributed by atoms with van der Waals surface area (Å²) in [6.07, 6.45) is 3.13. The maximum absolute atomic E-state index is 12.9. The lowest BCUT2D eigenvalue weighted by Crippen LogP contribution is -2.22. The van der Waals surface area contributed by atoms with Crippen LogP contribution in [0, 0.1) is 5.82 Å². The highest BCUT2D eigenvalue weighted by atomic mass is 19.1. The first-order valence-corrected chi connectivity index (χ1v) is 8.10. The Bertz CT molecular complexity index is 931. The molecule has 0 aliphatic carbocycles. The molecular formula is C20H16FN3O3. The molecule has 0 aliphatic heterocycles. The van der Waals surface area contributed by atoms with Gasteiger partial charge in [-0.2, -0.15) is 0 Å². The molecule has 2 amide bonds. The van der Waals surface area contributed by atoms with Crippen LogP contribution < -0.4 is 15.4 Å². The molecule has 27 heavy (non-hydrogen) atoms. The van der Waals surface area contributed by atoms with Crippen molar-refractivity contribution in [1.29, 1.82) is 0 Å². The Balaban J connectivity index is 1.63.